The van der Waals surface area contributed by atoms with Crippen molar-refractivity contribution in [2.45, 2.75) is 51.0 Å². The van der Waals surface area contributed by atoms with Crippen LogP contribution in [0.1, 0.15) is 44.1 Å². The molecule has 0 heterocycles. The maximum absolute atomic E-state index is 12.3. The number of nitrogens with one attached hydrogen (secondary N) is 1. The van der Waals surface area contributed by atoms with Crippen molar-refractivity contribution in [1.82, 2.24) is 4.90 Å². The predicted molar refractivity (Wildman–Crippen MR) is 115 cm³/mol. The topological polar surface area (TPSA) is 41.6 Å². The minimum Gasteiger partial charge on any atom is -0.494 e. The first kappa shape index (κ1) is 20.4. The number of rotatable bonds is 9. The van der Waals surface area contributed by atoms with Crippen LogP contribution in [0, 0.1) is 0 Å². The third kappa shape index (κ3) is 6.68. The third-order valence-electron chi connectivity index (χ3n) is 5.45. The van der Waals surface area contributed by atoms with Crippen molar-refractivity contribution in [3.05, 3.63) is 60.2 Å². The van der Waals surface area contributed by atoms with Gasteiger partial charge in [0.2, 0.25) is 5.91 Å². The maximum atomic E-state index is 12.3. The van der Waals surface area contributed by atoms with Gasteiger partial charge < -0.3 is 10.1 Å². The number of hydrogen-bond acceptors (Lipinski definition) is 3. The van der Waals surface area contributed by atoms with Gasteiger partial charge in [0.25, 0.3) is 0 Å². The molecule has 0 bridgehead atoms. The highest BCUT2D eigenvalue weighted by Crippen LogP contribution is 2.21. The Labute approximate surface area is 168 Å². The van der Waals surface area contributed by atoms with Crippen LogP contribution in [0.3, 0.4) is 0 Å². The van der Waals surface area contributed by atoms with Crippen LogP contribution in [-0.2, 0) is 11.2 Å². The first-order valence-corrected chi connectivity index (χ1v) is 10.5. The van der Waals surface area contributed by atoms with E-state index in [1.54, 1.807) is 0 Å². The van der Waals surface area contributed by atoms with Crippen molar-refractivity contribution < 1.29 is 9.53 Å². The van der Waals surface area contributed by atoms with E-state index in [1.807, 2.05) is 30.3 Å². The molecule has 3 rings (SSSR count). The lowest BCUT2D eigenvalue weighted by atomic mass is 9.94. The van der Waals surface area contributed by atoms with E-state index in [0.717, 1.165) is 24.3 Å². The normalized spacial score (nSPS) is 14.8. The summed E-state index contributed by atoms with van der Waals surface area (Å²) in [6.07, 6.45) is 8.31. The van der Waals surface area contributed by atoms with Crippen LogP contribution < -0.4 is 10.1 Å². The summed E-state index contributed by atoms with van der Waals surface area (Å²) in [5.74, 6) is 0.884. The number of anilines is 1. The predicted octanol–water partition coefficient (Wildman–Crippen LogP) is 4.90. The van der Waals surface area contributed by atoms with E-state index >= 15 is 0 Å². The molecular weight excluding hydrogens is 348 g/mol. The van der Waals surface area contributed by atoms with Gasteiger partial charge in [-0.25, -0.2) is 0 Å². The number of ether oxygens (including phenoxy) is 1. The van der Waals surface area contributed by atoms with E-state index in [1.165, 1.54) is 37.7 Å². The van der Waals surface area contributed by atoms with E-state index in [2.05, 4.69) is 41.5 Å². The summed E-state index contributed by atoms with van der Waals surface area (Å²) in [6, 6.07) is 18.7. The van der Waals surface area contributed by atoms with Gasteiger partial charge in [-0.05, 0) is 62.6 Å². The molecule has 0 radical (unpaired) electrons. The van der Waals surface area contributed by atoms with Gasteiger partial charge in [-0.3, -0.25) is 9.69 Å². The fourth-order valence-corrected chi connectivity index (χ4v) is 3.82. The molecule has 0 spiro atoms. The molecule has 0 aliphatic heterocycles. The highest BCUT2D eigenvalue weighted by Gasteiger charge is 2.19. The standard InChI is InChI=1S/C24H32N2O2/c1-26(22-12-6-3-7-13-22)19-24(27)25-21-14-16-23(17-15-21)28-18-8-11-20-9-4-2-5-10-20/h2,4-5,9-10,14-17,22H,3,6-8,11-13,18-19H2,1H3,(H,25,27). The number of amides is 1. The molecule has 2 aromatic rings. The van der Waals surface area contributed by atoms with Crippen molar-refractivity contribution in [2.24, 2.45) is 0 Å². The molecule has 0 aromatic heterocycles. The molecule has 150 valence electrons. The summed E-state index contributed by atoms with van der Waals surface area (Å²) in [4.78, 5) is 14.5. The molecule has 0 atom stereocenters. The highest BCUT2D eigenvalue weighted by atomic mass is 16.5. The summed E-state index contributed by atoms with van der Waals surface area (Å²) in [5, 5.41) is 2.99. The molecule has 1 saturated carbocycles. The molecule has 1 amide bonds. The highest BCUT2D eigenvalue weighted by molar-refractivity contribution is 5.92. The number of likely N-dealkylation sites (N-methyl/N-ethyl adjacent to an activating group) is 1. The van der Waals surface area contributed by atoms with Crippen molar-refractivity contribution in [1.29, 1.82) is 0 Å². The molecule has 0 saturated heterocycles. The molecule has 1 N–H and O–H groups in total. The van der Waals surface area contributed by atoms with Crippen LogP contribution >= 0.6 is 0 Å². The van der Waals surface area contributed by atoms with Gasteiger partial charge in [-0.2, -0.15) is 0 Å². The Morgan fingerprint density at radius 3 is 2.46 bits per heavy atom. The van der Waals surface area contributed by atoms with E-state index < -0.39 is 0 Å². The zero-order valence-electron chi connectivity index (χ0n) is 16.9. The summed E-state index contributed by atoms with van der Waals surface area (Å²) in [6.45, 7) is 1.13. The summed E-state index contributed by atoms with van der Waals surface area (Å²) in [5.41, 5.74) is 2.15. The van der Waals surface area contributed by atoms with Gasteiger partial charge in [0.15, 0.2) is 0 Å². The van der Waals surface area contributed by atoms with Crippen molar-refractivity contribution in [2.75, 3.05) is 25.5 Å². The Morgan fingerprint density at radius 2 is 1.75 bits per heavy atom. The number of carbonyl (C=O) groups excluding carboxylic acids is 1. The van der Waals surface area contributed by atoms with Gasteiger partial charge in [0.1, 0.15) is 5.75 Å². The van der Waals surface area contributed by atoms with Crippen LogP contribution in [0.25, 0.3) is 0 Å². The monoisotopic (exact) mass is 380 g/mol. The molecular formula is C24H32N2O2. The number of carbonyl (C=O) groups is 1. The molecule has 1 aliphatic rings. The molecule has 0 unspecified atom stereocenters. The second-order valence-electron chi connectivity index (χ2n) is 7.72. The second kappa shape index (κ2) is 10.9. The average molecular weight is 381 g/mol. The number of benzene rings is 2. The third-order valence-corrected chi connectivity index (χ3v) is 5.45. The van der Waals surface area contributed by atoms with Gasteiger partial charge >= 0.3 is 0 Å². The average Bonchev–Trinajstić information content (AvgIpc) is 2.73. The quantitative estimate of drug-likeness (QED) is 0.629. The Hall–Kier alpha value is -2.33. The van der Waals surface area contributed by atoms with Gasteiger partial charge in [0, 0.05) is 11.7 Å². The van der Waals surface area contributed by atoms with Crippen molar-refractivity contribution in [3.63, 3.8) is 0 Å². The van der Waals surface area contributed by atoms with Crippen LogP contribution in [0.15, 0.2) is 54.6 Å². The van der Waals surface area contributed by atoms with Gasteiger partial charge in [-0.15, -0.1) is 0 Å². The molecule has 4 heteroatoms. The van der Waals surface area contributed by atoms with E-state index in [4.69, 9.17) is 4.74 Å². The minimum atomic E-state index is 0.0459. The minimum absolute atomic E-state index is 0.0459. The summed E-state index contributed by atoms with van der Waals surface area (Å²) >= 11 is 0. The van der Waals surface area contributed by atoms with Crippen molar-refractivity contribution >= 4 is 11.6 Å². The second-order valence-corrected chi connectivity index (χ2v) is 7.72. The summed E-state index contributed by atoms with van der Waals surface area (Å²) in [7, 11) is 2.06. The largest absolute Gasteiger partial charge is 0.494 e. The fraction of sp³-hybridized carbons (Fsp3) is 0.458. The lowest BCUT2D eigenvalue weighted by molar-refractivity contribution is -0.117. The zero-order chi connectivity index (χ0) is 19.6. The number of nitrogens with zero attached hydrogens (tertiary/aromatic N) is 1. The lowest BCUT2D eigenvalue weighted by Crippen LogP contribution is -2.39. The van der Waals surface area contributed by atoms with E-state index in [-0.39, 0.29) is 5.91 Å². The molecule has 28 heavy (non-hydrogen) atoms. The smallest absolute Gasteiger partial charge is 0.238 e. The summed E-state index contributed by atoms with van der Waals surface area (Å²) < 4.78 is 5.81. The van der Waals surface area contributed by atoms with E-state index in [0.29, 0.717) is 19.2 Å². The van der Waals surface area contributed by atoms with Crippen LogP contribution in [-0.4, -0.2) is 37.0 Å². The first-order valence-electron chi connectivity index (χ1n) is 10.5. The Balaban J connectivity index is 1.37. The molecule has 1 aliphatic carbocycles. The lowest BCUT2D eigenvalue weighted by Gasteiger charge is -2.30. The van der Waals surface area contributed by atoms with E-state index in [9.17, 15) is 4.79 Å². The van der Waals surface area contributed by atoms with Crippen LogP contribution in [0.2, 0.25) is 0 Å². The number of aryl methyl sites for hydroxylation is 1. The molecule has 1 fully saturated rings. The molecule has 4 nitrogen and oxygen atoms in total. The van der Waals surface area contributed by atoms with Gasteiger partial charge in [0.05, 0.1) is 13.2 Å². The van der Waals surface area contributed by atoms with Crippen molar-refractivity contribution in [3.8, 4) is 5.75 Å². The molecule has 2 aromatic carbocycles. The first-order chi connectivity index (χ1) is 13.7. The van der Waals surface area contributed by atoms with Gasteiger partial charge in [-0.1, -0.05) is 49.6 Å². The Kier molecular flexibility index (Phi) is 7.92. The van der Waals surface area contributed by atoms with Crippen LogP contribution in [0.4, 0.5) is 5.69 Å². The Morgan fingerprint density at radius 1 is 1.04 bits per heavy atom. The maximum Gasteiger partial charge on any atom is 0.238 e. The fourth-order valence-electron chi connectivity index (χ4n) is 3.82. The zero-order valence-corrected chi connectivity index (χ0v) is 16.9. The SMILES string of the molecule is CN(CC(=O)Nc1ccc(OCCCc2ccccc2)cc1)C1CCCCC1. The Bertz CT molecular complexity index is 709. The number of hydrogen-bond donors (Lipinski definition) is 1. The van der Waals surface area contributed by atoms with Crippen LogP contribution in [0.5, 0.6) is 5.75 Å².